The van der Waals surface area contributed by atoms with Gasteiger partial charge in [0.2, 0.25) is 0 Å². The summed E-state index contributed by atoms with van der Waals surface area (Å²) in [6.07, 6.45) is 8.60. The Hall–Kier alpha value is -0.870. The Labute approximate surface area is 100 Å². The zero-order valence-electron chi connectivity index (χ0n) is 9.12. The van der Waals surface area contributed by atoms with Crippen molar-refractivity contribution in [3.05, 3.63) is 17.5 Å². The lowest BCUT2D eigenvalue weighted by Gasteiger charge is -2.36. The molecular weight excluding hydrogens is 226 g/mol. The van der Waals surface area contributed by atoms with Gasteiger partial charge < -0.3 is 10.4 Å². The molecule has 0 amide bonds. The van der Waals surface area contributed by atoms with Crippen LogP contribution in [-0.4, -0.2) is 27.2 Å². The standard InChI is InChI=1S/C11H16ClN3O/c12-9-6-13-7-10(14-9)15-11(8-16)4-2-1-3-5-11/h6-7,16H,1-5,8H2,(H,14,15). The highest BCUT2D eigenvalue weighted by Gasteiger charge is 2.31. The monoisotopic (exact) mass is 241 g/mol. The fourth-order valence-electron chi connectivity index (χ4n) is 2.23. The maximum atomic E-state index is 9.53. The molecular formula is C11H16ClN3O. The van der Waals surface area contributed by atoms with Crippen molar-refractivity contribution in [1.29, 1.82) is 0 Å². The average Bonchev–Trinajstić information content (AvgIpc) is 2.30. The van der Waals surface area contributed by atoms with Crippen molar-refractivity contribution in [2.45, 2.75) is 37.6 Å². The van der Waals surface area contributed by atoms with Gasteiger partial charge in [-0.25, -0.2) is 4.98 Å². The lowest BCUT2D eigenvalue weighted by Crippen LogP contribution is -2.44. The first-order valence-electron chi connectivity index (χ1n) is 5.61. The lowest BCUT2D eigenvalue weighted by molar-refractivity contribution is 0.172. The predicted octanol–water partition coefficient (Wildman–Crippen LogP) is 2.24. The summed E-state index contributed by atoms with van der Waals surface area (Å²) in [7, 11) is 0. The zero-order valence-corrected chi connectivity index (χ0v) is 9.87. The third kappa shape index (κ3) is 2.62. The maximum Gasteiger partial charge on any atom is 0.149 e. The lowest BCUT2D eigenvalue weighted by atomic mass is 9.82. The number of anilines is 1. The second kappa shape index (κ2) is 4.97. The van der Waals surface area contributed by atoms with Crippen LogP contribution in [0.3, 0.4) is 0 Å². The van der Waals surface area contributed by atoms with E-state index in [2.05, 4.69) is 15.3 Å². The Bertz CT molecular complexity index is 353. The Balaban J connectivity index is 2.11. The third-order valence-corrected chi connectivity index (χ3v) is 3.29. The minimum Gasteiger partial charge on any atom is -0.394 e. The summed E-state index contributed by atoms with van der Waals surface area (Å²) in [6.45, 7) is 0.126. The van der Waals surface area contributed by atoms with Gasteiger partial charge in [-0.05, 0) is 12.8 Å². The first-order chi connectivity index (χ1) is 7.74. The quantitative estimate of drug-likeness (QED) is 0.852. The van der Waals surface area contributed by atoms with Crippen LogP contribution >= 0.6 is 11.6 Å². The van der Waals surface area contributed by atoms with Crippen LogP contribution in [0, 0.1) is 0 Å². The van der Waals surface area contributed by atoms with Gasteiger partial charge in [0.15, 0.2) is 0 Å². The van der Waals surface area contributed by atoms with E-state index in [1.54, 1.807) is 6.20 Å². The van der Waals surface area contributed by atoms with E-state index in [9.17, 15) is 5.11 Å². The van der Waals surface area contributed by atoms with Crippen LogP contribution < -0.4 is 5.32 Å². The van der Waals surface area contributed by atoms with E-state index in [0.717, 1.165) is 25.7 Å². The summed E-state index contributed by atoms with van der Waals surface area (Å²) >= 11 is 5.78. The van der Waals surface area contributed by atoms with Gasteiger partial charge in [0.25, 0.3) is 0 Å². The van der Waals surface area contributed by atoms with Gasteiger partial charge in [0, 0.05) is 0 Å². The third-order valence-electron chi connectivity index (χ3n) is 3.11. The fourth-order valence-corrected chi connectivity index (χ4v) is 2.37. The first kappa shape index (κ1) is 11.6. The first-order valence-corrected chi connectivity index (χ1v) is 5.98. The summed E-state index contributed by atoms with van der Waals surface area (Å²) in [5.41, 5.74) is -0.238. The van der Waals surface area contributed by atoms with Gasteiger partial charge in [0.1, 0.15) is 11.0 Å². The Kier molecular flexibility index (Phi) is 3.61. The number of nitrogens with one attached hydrogen (secondary N) is 1. The number of halogens is 1. The maximum absolute atomic E-state index is 9.53. The number of hydrogen-bond acceptors (Lipinski definition) is 4. The van der Waals surface area contributed by atoms with Crippen LogP contribution in [0.5, 0.6) is 0 Å². The second-order valence-electron chi connectivity index (χ2n) is 4.35. The molecule has 0 unspecified atom stereocenters. The molecule has 1 aliphatic rings. The molecule has 0 aliphatic heterocycles. The second-order valence-corrected chi connectivity index (χ2v) is 4.74. The normalized spacial score (nSPS) is 19.4. The van der Waals surface area contributed by atoms with E-state index in [4.69, 9.17) is 11.6 Å². The highest BCUT2D eigenvalue weighted by Crippen LogP contribution is 2.30. The van der Waals surface area contributed by atoms with Crippen LogP contribution in [0.4, 0.5) is 5.82 Å². The van der Waals surface area contributed by atoms with Gasteiger partial charge in [-0.3, -0.25) is 4.98 Å². The van der Waals surface area contributed by atoms with Crippen molar-refractivity contribution in [3.8, 4) is 0 Å². The minimum absolute atomic E-state index is 0.126. The van der Waals surface area contributed by atoms with Crippen LogP contribution in [-0.2, 0) is 0 Å². The van der Waals surface area contributed by atoms with Gasteiger partial charge in [-0.15, -0.1) is 0 Å². The molecule has 88 valence electrons. The van der Waals surface area contributed by atoms with Crippen molar-refractivity contribution < 1.29 is 5.11 Å². The van der Waals surface area contributed by atoms with E-state index in [1.807, 2.05) is 0 Å². The van der Waals surface area contributed by atoms with Crippen LogP contribution in [0.25, 0.3) is 0 Å². The molecule has 0 bridgehead atoms. The molecule has 2 N–H and O–H groups in total. The molecule has 1 aromatic rings. The Morgan fingerprint density at radius 3 is 2.69 bits per heavy atom. The van der Waals surface area contributed by atoms with Crippen molar-refractivity contribution in [1.82, 2.24) is 9.97 Å². The SMILES string of the molecule is OCC1(Nc2cncc(Cl)n2)CCCCC1. The van der Waals surface area contributed by atoms with Crippen molar-refractivity contribution in [2.24, 2.45) is 0 Å². The van der Waals surface area contributed by atoms with E-state index < -0.39 is 0 Å². The molecule has 0 spiro atoms. The van der Waals surface area contributed by atoms with Gasteiger partial charge >= 0.3 is 0 Å². The average molecular weight is 242 g/mol. The van der Waals surface area contributed by atoms with Gasteiger partial charge in [-0.1, -0.05) is 30.9 Å². The highest BCUT2D eigenvalue weighted by molar-refractivity contribution is 6.29. The Morgan fingerprint density at radius 2 is 2.06 bits per heavy atom. The largest absolute Gasteiger partial charge is 0.394 e. The summed E-state index contributed by atoms with van der Waals surface area (Å²) in [5, 5.41) is 13.2. The molecule has 1 aliphatic carbocycles. The van der Waals surface area contributed by atoms with E-state index >= 15 is 0 Å². The van der Waals surface area contributed by atoms with E-state index in [1.165, 1.54) is 12.6 Å². The zero-order chi connectivity index (χ0) is 11.4. The summed E-state index contributed by atoms with van der Waals surface area (Å²) in [6, 6.07) is 0. The van der Waals surface area contributed by atoms with Crippen LogP contribution in [0.2, 0.25) is 5.15 Å². The van der Waals surface area contributed by atoms with E-state index in [0.29, 0.717) is 11.0 Å². The molecule has 1 heterocycles. The van der Waals surface area contributed by atoms with Crippen LogP contribution in [0.15, 0.2) is 12.4 Å². The molecule has 5 heteroatoms. The number of aromatic nitrogens is 2. The molecule has 1 fully saturated rings. The predicted molar refractivity (Wildman–Crippen MR) is 63.6 cm³/mol. The number of rotatable bonds is 3. The van der Waals surface area contributed by atoms with E-state index in [-0.39, 0.29) is 12.1 Å². The van der Waals surface area contributed by atoms with Crippen molar-refractivity contribution >= 4 is 17.4 Å². The van der Waals surface area contributed by atoms with Crippen molar-refractivity contribution in [2.75, 3.05) is 11.9 Å². The van der Waals surface area contributed by atoms with Gasteiger partial charge in [0.05, 0.1) is 24.5 Å². The fraction of sp³-hybridized carbons (Fsp3) is 0.636. The topological polar surface area (TPSA) is 58.0 Å². The van der Waals surface area contributed by atoms with Crippen molar-refractivity contribution in [3.63, 3.8) is 0 Å². The number of hydrogen-bond donors (Lipinski definition) is 2. The molecule has 16 heavy (non-hydrogen) atoms. The number of aliphatic hydroxyl groups is 1. The van der Waals surface area contributed by atoms with Gasteiger partial charge in [-0.2, -0.15) is 0 Å². The molecule has 1 aromatic heterocycles. The molecule has 0 atom stereocenters. The Morgan fingerprint density at radius 1 is 1.31 bits per heavy atom. The molecule has 4 nitrogen and oxygen atoms in total. The summed E-state index contributed by atoms with van der Waals surface area (Å²) < 4.78 is 0. The summed E-state index contributed by atoms with van der Waals surface area (Å²) in [4.78, 5) is 8.12. The smallest absolute Gasteiger partial charge is 0.149 e. The number of nitrogens with zero attached hydrogens (tertiary/aromatic N) is 2. The highest BCUT2D eigenvalue weighted by atomic mass is 35.5. The molecule has 1 saturated carbocycles. The van der Waals surface area contributed by atoms with Crippen LogP contribution in [0.1, 0.15) is 32.1 Å². The molecule has 0 radical (unpaired) electrons. The molecule has 0 aromatic carbocycles. The summed E-state index contributed by atoms with van der Waals surface area (Å²) in [5.74, 6) is 0.642. The molecule has 2 rings (SSSR count). The molecule has 0 saturated heterocycles. The number of aliphatic hydroxyl groups excluding tert-OH is 1. The minimum atomic E-state index is -0.238.